The van der Waals surface area contributed by atoms with Crippen LogP contribution in [-0.2, 0) is 28.0 Å². The Kier molecular flexibility index (Phi) is 6.19. The highest BCUT2D eigenvalue weighted by Gasteiger charge is 2.14. The van der Waals surface area contributed by atoms with Crippen molar-refractivity contribution >= 4 is 17.5 Å². The molecule has 138 valence electrons. The van der Waals surface area contributed by atoms with Gasteiger partial charge in [-0.25, -0.2) is 0 Å². The number of nitrogens with one attached hydrogen (secondary N) is 1. The van der Waals surface area contributed by atoms with Gasteiger partial charge in [0.1, 0.15) is 0 Å². The summed E-state index contributed by atoms with van der Waals surface area (Å²) in [4.78, 5) is 25.2. The van der Waals surface area contributed by atoms with E-state index in [1.54, 1.807) is 4.90 Å². The predicted molar refractivity (Wildman–Crippen MR) is 106 cm³/mol. The van der Waals surface area contributed by atoms with E-state index in [0.29, 0.717) is 13.0 Å². The molecule has 0 spiro atoms. The Bertz CT molecular complexity index is 756. The lowest BCUT2D eigenvalue weighted by atomic mass is 9.87. The highest BCUT2D eigenvalue weighted by atomic mass is 16.2. The second-order valence-corrected chi connectivity index (χ2v) is 7.75. The van der Waals surface area contributed by atoms with Crippen LogP contribution in [0.4, 0.5) is 5.69 Å². The topological polar surface area (TPSA) is 49.4 Å². The summed E-state index contributed by atoms with van der Waals surface area (Å²) in [5, 5.41) is 2.72. The average molecular weight is 352 g/mol. The summed E-state index contributed by atoms with van der Waals surface area (Å²) >= 11 is 0. The van der Waals surface area contributed by atoms with E-state index in [1.807, 2.05) is 31.3 Å². The number of nitrogens with zero attached hydrogens (tertiary/aromatic N) is 1. The van der Waals surface area contributed by atoms with Crippen LogP contribution >= 0.6 is 0 Å². The predicted octanol–water partition coefficient (Wildman–Crippen LogP) is 4.14. The molecule has 2 aromatic rings. The van der Waals surface area contributed by atoms with Crippen molar-refractivity contribution in [2.24, 2.45) is 0 Å². The van der Waals surface area contributed by atoms with Gasteiger partial charge >= 0.3 is 0 Å². The van der Waals surface area contributed by atoms with Gasteiger partial charge < -0.3 is 10.2 Å². The minimum Gasteiger partial charge on any atom is -0.341 e. The maximum Gasteiger partial charge on any atom is 0.227 e. The van der Waals surface area contributed by atoms with Crippen molar-refractivity contribution in [2.45, 2.75) is 46.1 Å². The second-order valence-electron chi connectivity index (χ2n) is 7.75. The third-order valence-electron chi connectivity index (χ3n) is 4.30. The summed E-state index contributed by atoms with van der Waals surface area (Å²) < 4.78 is 0. The van der Waals surface area contributed by atoms with Crippen LogP contribution in [0, 0.1) is 0 Å². The maximum absolute atomic E-state index is 12.5. The third kappa shape index (κ3) is 5.73. The van der Waals surface area contributed by atoms with Crippen LogP contribution in [0.5, 0.6) is 0 Å². The molecule has 2 aromatic carbocycles. The highest BCUT2D eigenvalue weighted by molar-refractivity contribution is 5.88. The molecule has 0 atom stereocenters. The van der Waals surface area contributed by atoms with Crippen LogP contribution in [0.25, 0.3) is 0 Å². The molecule has 0 saturated carbocycles. The number of hydrogen-bond donors (Lipinski definition) is 1. The monoisotopic (exact) mass is 352 g/mol. The number of likely N-dealkylation sites (N-methyl/N-ethyl adjacent to an activating group) is 1. The van der Waals surface area contributed by atoms with Gasteiger partial charge in [0.25, 0.3) is 0 Å². The van der Waals surface area contributed by atoms with Crippen LogP contribution in [0.3, 0.4) is 0 Å². The molecule has 0 bridgehead atoms. The normalized spacial score (nSPS) is 11.1. The summed E-state index contributed by atoms with van der Waals surface area (Å²) in [6.07, 6.45) is 0.344. The zero-order chi connectivity index (χ0) is 19.3. The number of carbonyl (C=O) groups excluding carboxylic acids is 2. The molecular weight excluding hydrogens is 324 g/mol. The van der Waals surface area contributed by atoms with Crippen LogP contribution < -0.4 is 5.32 Å². The van der Waals surface area contributed by atoms with Gasteiger partial charge in [0.05, 0.1) is 6.42 Å². The van der Waals surface area contributed by atoms with E-state index in [2.05, 4.69) is 50.4 Å². The zero-order valence-corrected chi connectivity index (χ0v) is 16.3. The number of benzene rings is 2. The maximum atomic E-state index is 12.5. The SMILES string of the molecule is CC(=O)Nc1ccc(CC(=O)N(C)Cc2ccc(C(C)(C)C)cc2)cc1. The third-order valence-corrected chi connectivity index (χ3v) is 4.30. The number of rotatable bonds is 5. The molecule has 0 radical (unpaired) electrons. The van der Waals surface area contributed by atoms with E-state index >= 15 is 0 Å². The van der Waals surface area contributed by atoms with E-state index in [1.165, 1.54) is 12.5 Å². The number of anilines is 1. The van der Waals surface area contributed by atoms with E-state index < -0.39 is 0 Å². The minimum atomic E-state index is -0.106. The summed E-state index contributed by atoms with van der Waals surface area (Å²) in [7, 11) is 1.83. The van der Waals surface area contributed by atoms with E-state index in [9.17, 15) is 9.59 Å². The van der Waals surface area contributed by atoms with Crippen molar-refractivity contribution in [3.05, 3.63) is 65.2 Å². The molecule has 0 unspecified atom stereocenters. The van der Waals surface area contributed by atoms with Crippen molar-refractivity contribution in [1.82, 2.24) is 4.90 Å². The van der Waals surface area contributed by atoms with E-state index in [4.69, 9.17) is 0 Å². The molecule has 1 N–H and O–H groups in total. The molecule has 0 fully saturated rings. The van der Waals surface area contributed by atoms with Gasteiger partial charge in [0, 0.05) is 26.2 Å². The molecular formula is C22H28N2O2. The number of carbonyl (C=O) groups is 2. The van der Waals surface area contributed by atoms with Gasteiger partial charge in [0.2, 0.25) is 11.8 Å². The fraction of sp³-hybridized carbons (Fsp3) is 0.364. The molecule has 0 aliphatic heterocycles. The molecule has 26 heavy (non-hydrogen) atoms. The summed E-state index contributed by atoms with van der Waals surface area (Å²) in [6, 6.07) is 15.8. The van der Waals surface area contributed by atoms with Crippen molar-refractivity contribution in [1.29, 1.82) is 0 Å². The first-order valence-electron chi connectivity index (χ1n) is 8.85. The van der Waals surface area contributed by atoms with Crippen LogP contribution in [0.1, 0.15) is 44.4 Å². The molecule has 2 rings (SSSR count). The van der Waals surface area contributed by atoms with E-state index in [0.717, 1.165) is 16.8 Å². The van der Waals surface area contributed by atoms with Gasteiger partial charge in [-0.2, -0.15) is 0 Å². The van der Waals surface area contributed by atoms with Crippen LogP contribution in [0.15, 0.2) is 48.5 Å². The Balaban J connectivity index is 1.94. The first-order valence-corrected chi connectivity index (χ1v) is 8.85. The first-order chi connectivity index (χ1) is 12.1. The molecule has 4 heteroatoms. The first kappa shape index (κ1) is 19.7. The quantitative estimate of drug-likeness (QED) is 0.879. The fourth-order valence-electron chi connectivity index (χ4n) is 2.69. The molecule has 0 aliphatic carbocycles. The van der Waals surface area contributed by atoms with Crippen molar-refractivity contribution in [2.75, 3.05) is 12.4 Å². The summed E-state index contributed by atoms with van der Waals surface area (Å²) in [6.45, 7) is 8.63. The Labute approximate surface area is 156 Å². The Morgan fingerprint density at radius 3 is 1.96 bits per heavy atom. The molecule has 0 aliphatic rings. The fourth-order valence-corrected chi connectivity index (χ4v) is 2.69. The standard InChI is InChI=1S/C22H28N2O2/c1-16(25)23-20-12-8-17(9-13-20)14-21(26)24(5)15-18-6-10-19(11-7-18)22(2,3)4/h6-13H,14-15H2,1-5H3,(H,23,25). The van der Waals surface area contributed by atoms with Gasteiger partial charge in [-0.1, -0.05) is 57.2 Å². The summed E-state index contributed by atoms with van der Waals surface area (Å²) in [5.41, 5.74) is 4.20. The lowest BCUT2D eigenvalue weighted by Gasteiger charge is -2.21. The lowest BCUT2D eigenvalue weighted by molar-refractivity contribution is -0.129. The molecule has 0 aromatic heterocycles. The Morgan fingerprint density at radius 2 is 1.46 bits per heavy atom. The van der Waals surface area contributed by atoms with Gasteiger partial charge in [-0.05, 0) is 34.2 Å². The Morgan fingerprint density at radius 1 is 0.923 bits per heavy atom. The molecule has 0 saturated heterocycles. The summed E-state index contributed by atoms with van der Waals surface area (Å²) in [5.74, 6) is -0.0387. The highest BCUT2D eigenvalue weighted by Crippen LogP contribution is 2.22. The van der Waals surface area contributed by atoms with Crippen molar-refractivity contribution < 1.29 is 9.59 Å². The second kappa shape index (κ2) is 8.17. The zero-order valence-electron chi connectivity index (χ0n) is 16.3. The van der Waals surface area contributed by atoms with E-state index in [-0.39, 0.29) is 17.2 Å². The number of hydrogen-bond acceptors (Lipinski definition) is 2. The van der Waals surface area contributed by atoms with Crippen molar-refractivity contribution in [3.63, 3.8) is 0 Å². The van der Waals surface area contributed by atoms with Gasteiger partial charge in [0.15, 0.2) is 0 Å². The van der Waals surface area contributed by atoms with Crippen molar-refractivity contribution in [3.8, 4) is 0 Å². The molecule has 0 heterocycles. The van der Waals surface area contributed by atoms with Gasteiger partial charge in [-0.15, -0.1) is 0 Å². The Hall–Kier alpha value is -2.62. The largest absolute Gasteiger partial charge is 0.341 e. The minimum absolute atomic E-state index is 0.0668. The van der Waals surface area contributed by atoms with Gasteiger partial charge in [-0.3, -0.25) is 9.59 Å². The number of amides is 2. The average Bonchev–Trinajstić information content (AvgIpc) is 2.55. The molecule has 2 amide bonds. The van der Waals surface area contributed by atoms with Crippen LogP contribution in [0.2, 0.25) is 0 Å². The van der Waals surface area contributed by atoms with Crippen LogP contribution in [-0.4, -0.2) is 23.8 Å². The molecule has 4 nitrogen and oxygen atoms in total. The smallest absolute Gasteiger partial charge is 0.227 e. The lowest BCUT2D eigenvalue weighted by Crippen LogP contribution is -2.27.